The van der Waals surface area contributed by atoms with Gasteiger partial charge in [0.05, 0.1) is 0 Å². The average molecular weight is 531 g/mol. The Bertz CT molecular complexity index is 1110. The van der Waals surface area contributed by atoms with Gasteiger partial charge in [-0.25, -0.2) is 4.79 Å². The Morgan fingerprint density at radius 1 is 0.914 bits per heavy atom. The first-order valence-corrected chi connectivity index (χ1v) is 13.2. The van der Waals surface area contributed by atoms with Gasteiger partial charge in [0.2, 0.25) is 0 Å². The summed E-state index contributed by atoms with van der Waals surface area (Å²) < 4.78 is 0. The van der Waals surface area contributed by atoms with Gasteiger partial charge < -0.3 is 16.0 Å². The van der Waals surface area contributed by atoms with E-state index in [9.17, 15) is 4.79 Å². The van der Waals surface area contributed by atoms with E-state index in [-0.39, 0.29) is 11.9 Å². The number of amides is 2. The van der Waals surface area contributed by atoms with Crippen molar-refractivity contribution >= 4 is 46.5 Å². The lowest BCUT2D eigenvalue weighted by molar-refractivity contribution is 0.251. The summed E-state index contributed by atoms with van der Waals surface area (Å²) in [6.07, 6.45) is 6.03. The fourth-order valence-electron chi connectivity index (χ4n) is 4.63. The molecule has 3 N–H and O–H groups in total. The number of nitrogens with one attached hydrogen (secondary N) is 3. The largest absolute Gasteiger partial charge is 0.337 e. The van der Waals surface area contributed by atoms with Gasteiger partial charge in [-0.05, 0) is 61.2 Å². The molecule has 0 bridgehead atoms. The maximum atomic E-state index is 12.6. The molecule has 0 radical (unpaired) electrons. The third-order valence-corrected chi connectivity index (χ3v) is 7.24. The van der Waals surface area contributed by atoms with Crippen molar-refractivity contribution in [1.29, 1.82) is 0 Å². The summed E-state index contributed by atoms with van der Waals surface area (Å²) in [5, 5.41) is 11.2. The second kappa shape index (κ2) is 12.6. The number of benzene rings is 3. The lowest BCUT2D eigenvalue weighted by Gasteiger charge is -2.21. The lowest BCUT2D eigenvalue weighted by atomic mass is 9.93. The van der Waals surface area contributed by atoms with Crippen LogP contribution in [0.4, 0.5) is 10.5 Å². The molecule has 0 heterocycles. The molecule has 0 saturated heterocycles. The van der Waals surface area contributed by atoms with Crippen molar-refractivity contribution in [2.75, 3.05) is 18.4 Å². The normalized spacial score (nSPS) is 14.6. The van der Waals surface area contributed by atoms with Gasteiger partial charge in [0.1, 0.15) is 0 Å². The molecular weight excluding hydrogens is 501 g/mol. The number of rotatable bonds is 9. The Morgan fingerprint density at radius 2 is 1.60 bits per heavy atom. The van der Waals surface area contributed by atoms with Crippen LogP contribution in [-0.4, -0.2) is 25.2 Å². The minimum Gasteiger partial charge on any atom is -0.337 e. The average Bonchev–Trinajstić information content (AvgIpc) is 3.35. The summed E-state index contributed by atoms with van der Waals surface area (Å²) in [6, 6.07) is 21.6. The fourth-order valence-corrected chi connectivity index (χ4v) is 5.40. The van der Waals surface area contributed by atoms with Crippen LogP contribution >= 0.6 is 34.8 Å². The van der Waals surface area contributed by atoms with E-state index in [0.29, 0.717) is 28.3 Å². The summed E-state index contributed by atoms with van der Waals surface area (Å²) >= 11 is 18.5. The number of anilines is 1. The van der Waals surface area contributed by atoms with Crippen LogP contribution in [0.5, 0.6) is 0 Å². The Labute approximate surface area is 222 Å². The summed E-state index contributed by atoms with van der Waals surface area (Å²) in [7, 11) is 0. The highest BCUT2D eigenvalue weighted by Crippen LogP contribution is 2.29. The van der Waals surface area contributed by atoms with Crippen molar-refractivity contribution in [3.05, 3.63) is 87.4 Å². The first-order chi connectivity index (χ1) is 17.0. The van der Waals surface area contributed by atoms with Gasteiger partial charge in [-0.1, -0.05) is 90.1 Å². The molecule has 0 spiro atoms. The summed E-state index contributed by atoms with van der Waals surface area (Å²) in [6.45, 7) is 1.42. The van der Waals surface area contributed by atoms with Crippen LogP contribution in [0.25, 0.3) is 11.1 Å². The smallest absolute Gasteiger partial charge is 0.319 e. The van der Waals surface area contributed by atoms with Crippen LogP contribution in [0.15, 0.2) is 66.7 Å². The number of hydrogen-bond acceptors (Lipinski definition) is 2. The molecule has 35 heavy (non-hydrogen) atoms. The van der Waals surface area contributed by atoms with Gasteiger partial charge in [-0.3, -0.25) is 0 Å². The standard InChI is InChI=1S/C28H30Cl3N3O/c29-22-15-23(30)17-25(16-22)34-28(35)33-18-21(13-14-32-24-5-1-2-6-24)19-9-11-20(12-10-19)26-7-3-4-8-27(26)31/h3-4,7-12,15-17,21,24,32H,1-2,5-6,13-14,18H2,(H2,33,34,35). The molecule has 2 amide bonds. The van der Waals surface area contributed by atoms with Crippen molar-refractivity contribution in [1.82, 2.24) is 10.6 Å². The van der Waals surface area contributed by atoms with E-state index >= 15 is 0 Å². The van der Waals surface area contributed by atoms with Crippen LogP contribution in [0.1, 0.15) is 43.6 Å². The molecule has 0 aliphatic heterocycles. The van der Waals surface area contributed by atoms with Gasteiger partial charge in [0, 0.05) is 44.8 Å². The van der Waals surface area contributed by atoms with Crippen molar-refractivity contribution in [3.63, 3.8) is 0 Å². The van der Waals surface area contributed by atoms with Crippen molar-refractivity contribution in [2.24, 2.45) is 0 Å². The number of hydrogen-bond donors (Lipinski definition) is 3. The van der Waals surface area contributed by atoms with Crippen molar-refractivity contribution in [3.8, 4) is 11.1 Å². The predicted molar refractivity (Wildman–Crippen MR) is 148 cm³/mol. The molecule has 184 valence electrons. The molecule has 1 aliphatic rings. The number of urea groups is 1. The maximum Gasteiger partial charge on any atom is 0.319 e. The van der Waals surface area contributed by atoms with E-state index in [1.54, 1.807) is 18.2 Å². The summed E-state index contributed by atoms with van der Waals surface area (Å²) in [5.74, 6) is 0.165. The van der Waals surface area contributed by atoms with Crippen LogP contribution in [0.2, 0.25) is 15.1 Å². The van der Waals surface area contributed by atoms with Gasteiger partial charge >= 0.3 is 6.03 Å². The quantitative estimate of drug-likeness (QED) is 0.261. The monoisotopic (exact) mass is 529 g/mol. The Balaban J connectivity index is 1.42. The molecule has 3 aromatic carbocycles. The molecule has 3 aromatic rings. The highest BCUT2D eigenvalue weighted by Gasteiger charge is 2.17. The second-order valence-electron chi connectivity index (χ2n) is 9.02. The minimum absolute atomic E-state index is 0.165. The zero-order valence-electron chi connectivity index (χ0n) is 19.5. The SMILES string of the molecule is O=C(NCC(CCNC1CCCC1)c1ccc(-c2ccccc2Cl)cc1)Nc1cc(Cl)cc(Cl)c1. The second-order valence-corrected chi connectivity index (χ2v) is 10.3. The van der Waals surface area contributed by atoms with Gasteiger partial charge in [-0.2, -0.15) is 0 Å². The molecule has 1 fully saturated rings. The Morgan fingerprint density at radius 3 is 2.29 bits per heavy atom. The van der Waals surface area contributed by atoms with E-state index in [1.165, 1.54) is 31.2 Å². The molecule has 1 saturated carbocycles. The Kier molecular flexibility index (Phi) is 9.33. The van der Waals surface area contributed by atoms with Gasteiger partial charge in [0.15, 0.2) is 0 Å². The van der Waals surface area contributed by atoms with E-state index in [0.717, 1.165) is 29.1 Å². The number of halogens is 3. The first kappa shape index (κ1) is 25.8. The zero-order chi connectivity index (χ0) is 24.6. The molecule has 0 aromatic heterocycles. The lowest BCUT2D eigenvalue weighted by Crippen LogP contribution is -2.34. The van der Waals surface area contributed by atoms with E-state index in [2.05, 4.69) is 40.2 Å². The first-order valence-electron chi connectivity index (χ1n) is 12.1. The zero-order valence-corrected chi connectivity index (χ0v) is 21.8. The topological polar surface area (TPSA) is 53.2 Å². The van der Waals surface area contributed by atoms with Gasteiger partial charge in [-0.15, -0.1) is 0 Å². The van der Waals surface area contributed by atoms with Crippen molar-refractivity contribution < 1.29 is 4.79 Å². The van der Waals surface area contributed by atoms with Crippen LogP contribution in [0.3, 0.4) is 0 Å². The molecular formula is C28H30Cl3N3O. The van der Waals surface area contributed by atoms with E-state index in [4.69, 9.17) is 34.8 Å². The summed E-state index contributed by atoms with van der Waals surface area (Å²) in [4.78, 5) is 12.6. The minimum atomic E-state index is -0.287. The number of carbonyl (C=O) groups is 1. The van der Waals surface area contributed by atoms with Crippen LogP contribution in [0, 0.1) is 0 Å². The predicted octanol–water partition coefficient (Wildman–Crippen LogP) is 8.14. The third kappa shape index (κ3) is 7.62. The van der Waals surface area contributed by atoms with Gasteiger partial charge in [0.25, 0.3) is 0 Å². The Hall–Kier alpha value is -2.24. The highest BCUT2D eigenvalue weighted by molar-refractivity contribution is 6.35. The fraction of sp³-hybridized carbons (Fsp3) is 0.321. The van der Waals surface area contributed by atoms with E-state index < -0.39 is 0 Å². The summed E-state index contributed by atoms with van der Waals surface area (Å²) in [5.41, 5.74) is 3.83. The van der Waals surface area contributed by atoms with E-state index in [1.807, 2.05) is 24.3 Å². The maximum absolute atomic E-state index is 12.6. The third-order valence-electron chi connectivity index (χ3n) is 6.48. The molecule has 1 unspecified atom stereocenters. The molecule has 4 rings (SSSR count). The number of carbonyl (C=O) groups excluding carboxylic acids is 1. The molecule has 4 nitrogen and oxygen atoms in total. The molecule has 7 heteroatoms. The highest BCUT2D eigenvalue weighted by atomic mass is 35.5. The van der Waals surface area contributed by atoms with Crippen molar-refractivity contribution in [2.45, 2.75) is 44.1 Å². The molecule has 1 atom stereocenters. The molecule has 1 aliphatic carbocycles. The van der Waals surface area contributed by atoms with Crippen LogP contribution < -0.4 is 16.0 Å². The van der Waals surface area contributed by atoms with Crippen LogP contribution in [-0.2, 0) is 0 Å².